The van der Waals surface area contributed by atoms with E-state index in [1.807, 2.05) is 72.8 Å². The third-order valence-electron chi connectivity index (χ3n) is 4.56. The SMILES string of the molecule is Cc1cc(Oc2cccc(-c3ccccc3)n2)cc(-c2cccc(CN)c2)c1. The Kier molecular flexibility index (Phi) is 5.18. The highest BCUT2D eigenvalue weighted by atomic mass is 16.5. The molecule has 2 N–H and O–H groups in total. The summed E-state index contributed by atoms with van der Waals surface area (Å²) in [6.45, 7) is 2.59. The largest absolute Gasteiger partial charge is 0.439 e. The van der Waals surface area contributed by atoms with E-state index in [0.29, 0.717) is 12.4 Å². The Bertz CT molecular complexity index is 1090. The summed E-state index contributed by atoms with van der Waals surface area (Å²) >= 11 is 0. The zero-order chi connectivity index (χ0) is 19.3. The Hall–Kier alpha value is -3.43. The molecular formula is C25H22N2O. The van der Waals surface area contributed by atoms with Crippen molar-refractivity contribution in [2.75, 3.05) is 0 Å². The number of ether oxygens (including phenoxy) is 1. The molecule has 1 heterocycles. The first-order valence-corrected chi connectivity index (χ1v) is 9.33. The molecule has 0 spiro atoms. The summed E-state index contributed by atoms with van der Waals surface area (Å²) in [5.41, 5.74) is 12.2. The lowest BCUT2D eigenvalue weighted by atomic mass is 10.0. The lowest BCUT2D eigenvalue weighted by molar-refractivity contribution is 0.463. The standard InChI is InChI=1S/C25H22N2O/c1-18-13-22(21-10-5-7-19(15-21)17-26)16-23(14-18)28-25-12-6-11-24(27-25)20-8-3-2-4-9-20/h2-16H,17,26H2,1H3. The van der Waals surface area contributed by atoms with Crippen LogP contribution in [-0.2, 0) is 6.54 Å². The molecule has 3 aromatic carbocycles. The first kappa shape index (κ1) is 18.0. The quantitative estimate of drug-likeness (QED) is 0.473. The smallest absolute Gasteiger partial charge is 0.219 e. The number of benzene rings is 3. The molecule has 0 aliphatic carbocycles. The maximum atomic E-state index is 6.10. The fourth-order valence-electron chi connectivity index (χ4n) is 3.21. The summed E-state index contributed by atoms with van der Waals surface area (Å²) in [6, 6.07) is 30.4. The zero-order valence-electron chi connectivity index (χ0n) is 15.8. The van der Waals surface area contributed by atoms with Crippen molar-refractivity contribution in [2.45, 2.75) is 13.5 Å². The van der Waals surface area contributed by atoms with Crippen molar-refractivity contribution in [3.05, 3.63) is 102 Å². The molecule has 0 fully saturated rings. The maximum Gasteiger partial charge on any atom is 0.219 e. The number of pyridine rings is 1. The minimum atomic E-state index is 0.527. The summed E-state index contributed by atoms with van der Waals surface area (Å²) in [5, 5.41) is 0. The third-order valence-corrected chi connectivity index (χ3v) is 4.56. The topological polar surface area (TPSA) is 48.1 Å². The summed E-state index contributed by atoms with van der Waals surface area (Å²) < 4.78 is 6.10. The van der Waals surface area contributed by atoms with E-state index in [1.54, 1.807) is 0 Å². The summed E-state index contributed by atoms with van der Waals surface area (Å²) in [7, 11) is 0. The Morgan fingerprint density at radius 2 is 1.54 bits per heavy atom. The Morgan fingerprint density at radius 3 is 2.36 bits per heavy atom. The molecule has 0 amide bonds. The van der Waals surface area contributed by atoms with Gasteiger partial charge in [0.05, 0.1) is 5.69 Å². The van der Waals surface area contributed by atoms with Crippen LogP contribution in [0.1, 0.15) is 11.1 Å². The van der Waals surface area contributed by atoms with Crippen molar-refractivity contribution < 1.29 is 4.74 Å². The van der Waals surface area contributed by atoms with Crippen LogP contribution in [0.15, 0.2) is 91.0 Å². The van der Waals surface area contributed by atoms with Crippen molar-refractivity contribution in [3.63, 3.8) is 0 Å². The molecule has 0 unspecified atom stereocenters. The van der Waals surface area contributed by atoms with Gasteiger partial charge < -0.3 is 10.5 Å². The number of nitrogens with two attached hydrogens (primary N) is 1. The van der Waals surface area contributed by atoms with Gasteiger partial charge in [-0.05, 0) is 53.4 Å². The van der Waals surface area contributed by atoms with Gasteiger partial charge >= 0.3 is 0 Å². The van der Waals surface area contributed by atoms with Gasteiger partial charge in [-0.15, -0.1) is 0 Å². The van der Waals surface area contributed by atoms with E-state index in [2.05, 4.69) is 30.1 Å². The zero-order valence-corrected chi connectivity index (χ0v) is 15.8. The van der Waals surface area contributed by atoms with Gasteiger partial charge in [0.2, 0.25) is 5.88 Å². The fourth-order valence-corrected chi connectivity index (χ4v) is 3.21. The monoisotopic (exact) mass is 366 g/mol. The van der Waals surface area contributed by atoms with Crippen LogP contribution in [0.4, 0.5) is 0 Å². The highest BCUT2D eigenvalue weighted by Crippen LogP contribution is 2.30. The van der Waals surface area contributed by atoms with E-state index in [1.165, 1.54) is 0 Å². The van der Waals surface area contributed by atoms with Gasteiger partial charge in [-0.25, -0.2) is 4.98 Å². The van der Waals surface area contributed by atoms with Crippen molar-refractivity contribution >= 4 is 0 Å². The van der Waals surface area contributed by atoms with Gasteiger partial charge in [0.15, 0.2) is 0 Å². The van der Waals surface area contributed by atoms with Crippen LogP contribution in [0.2, 0.25) is 0 Å². The van der Waals surface area contributed by atoms with Crippen LogP contribution < -0.4 is 10.5 Å². The van der Waals surface area contributed by atoms with Crippen LogP contribution in [0.3, 0.4) is 0 Å². The number of hydrogen-bond acceptors (Lipinski definition) is 3. The normalized spacial score (nSPS) is 10.6. The third kappa shape index (κ3) is 4.11. The van der Waals surface area contributed by atoms with Crippen LogP contribution in [-0.4, -0.2) is 4.98 Å². The summed E-state index contributed by atoms with van der Waals surface area (Å²) in [5.74, 6) is 1.35. The average Bonchev–Trinajstić information content (AvgIpc) is 2.74. The van der Waals surface area contributed by atoms with E-state index >= 15 is 0 Å². The molecule has 0 radical (unpaired) electrons. The van der Waals surface area contributed by atoms with E-state index in [-0.39, 0.29) is 0 Å². The van der Waals surface area contributed by atoms with Crippen molar-refractivity contribution in [1.82, 2.24) is 4.98 Å². The predicted molar refractivity (Wildman–Crippen MR) is 114 cm³/mol. The molecule has 4 aromatic rings. The van der Waals surface area contributed by atoms with Gasteiger partial charge in [-0.2, -0.15) is 0 Å². The minimum Gasteiger partial charge on any atom is -0.439 e. The van der Waals surface area contributed by atoms with E-state index < -0.39 is 0 Å². The van der Waals surface area contributed by atoms with E-state index in [9.17, 15) is 0 Å². The number of aromatic nitrogens is 1. The lowest BCUT2D eigenvalue weighted by Crippen LogP contribution is -1.96. The average molecular weight is 366 g/mol. The second-order valence-corrected chi connectivity index (χ2v) is 6.77. The van der Waals surface area contributed by atoms with Gasteiger partial charge in [-0.3, -0.25) is 0 Å². The predicted octanol–water partition coefficient (Wildman–Crippen LogP) is 5.98. The van der Waals surface area contributed by atoms with Gasteiger partial charge in [-0.1, -0.05) is 60.7 Å². The number of nitrogens with zero attached hydrogens (tertiary/aromatic N) is 1. The maximum absolute atomic E-state index is 6.10. The first-order valence-electron chi connectivity index (χ1n) is 9.33. The Balaban J connectivity index is 1.65. The van der Waals surface area contributed by atoms with E-state index in [4.69, 9.17) is 10.5 Å². The molecule has 0 bridgehead atoms. The molecule has 3 heteroatoms. The minimum absolute atomic E-state index is 0.527. The highest BCUT2D eigenvalue weighted by molar-refractivity contribution is 5.67. The van der Waals surface area contributed by atoms with Gasteiger partial charge in [0, 0.05) is 18.2 Å². The fraction of sp³-hybridized carbons (Fsp3) is 0.0800. The van der Waals surface area contributed by atoms with Crippen molar-refractivity contribution in [1.29, 1.82) is 0 Å². The lowest BCUT2D eigenvalue weighted by Gasteiger charge is -2.11. The molecule has 0 saturated heterocycles. The molecule has 4 rings (SSSR count). The van der Waals surface area contributed by atoms with Gasteiger partial charge in [0.25, 0.3) is 0 Å². The Morgan fingerprint density at radius 1 is 0.750 bits per heavy atom. The second-order valence-electron chi connectivity index (χ2n) is 6.77. The molecule has 3 nitrogen and oxygen atoms in total. The summed E-state index contributed by atoms with van der Waals surface area (Å²) in [6.07, 6.45) is 0. The van der Waals surface area contributed by atoms with Crippen LogP contribution in [0, 0.1) is 6.92 Å². The molecule has 0 aliphatic rings. The van der Waals surface area contributed by atoms with E-state index in [0.717, 1.165) is 39.3 Å². The molecule has 1 aromatic heterocycles. The number of rotatable bonds is 5. The van der Waals surface area contributed by atoms with Crippen molar-refractivity contribution in [3.8, 4) is 34.0 Å². The summed E-state index contributed by atoms with van der Waals surface area (Å²) in [4.78, 5) is 4.66. The van der Waals surface area contributed by atoms with Gasteiger partial charge in [0.1, 0.15) is 5.75 Å². The van der Waals surface area contributed by atoms with Crippen LogP contribution in [0.5, 0.6) is 11.6 Å². The molecule has 0 aliphatic heterocycles. The molecule has 138 valence electrons. The van der Waals surface area contributed by atoms with Crippen LogP contribution >= 0.6 is 0 Å². The molecule has 0 atom stereocenters. The highest BCUT2D eigenvalue weighted by Gasteiger charge is 2.07. The second kappa shape index (κ2) is 8.07. The number of aryl methyl sites for hydroxylation is 1. The molecule has 28 heavy (non-hydrogen) atoms. The number of hydrogen-bond donors (Lipinski definition) is 1. The van der Waals surface area contributed by atoms with Crippen molar-refractivity contribution in [2.24, 2.45) is 5.73 Å². The Labute approximate surface area is 165 Å². The first-order chi connectivity index (χ1) is 13.7. The molecule has 0 saturated carbocycles. The molecular weight excluding hydrogens is 344 g/mol. The van der Waals surface area contributed by atoms with Crippen LogP contribution in [0.25, 0.3) is 22.4 Å².